The van der Waals surface area contributed by atoms with E-state index in [-0.39, 0.29) is 11.9 Å². The number of carbonyl (C=O) groups is 1. The van der Waals surface area contributed by atoms with Crippen LogP contribution in [0.3, 0.4) is 0 Å². The van der Waals surface area contributed by atoms with Crippen LogP contribution >= 0.6 is 0 Å². The molecule has 1 N–H and O–H groups in total. The predicted octanol–water partition coefficient (Wildman–Crippen LogP) is 2.70. The van der Waals surface area contributed by atoms with Crippen LogP contribution in [0.5, 0.6) is 0 Å². The fourth-order valence-corrected chi connectivity index (χ4v) is 2.16. The van der Waals surface area contributed by atoms with Crippen molar-refractivity contribution in [1.82, 2.24) is 10.2 Å². The smallest absolute Gasteiger partial charge is 0.251 e. The molecule has 0 aliphatic carbocycles. The Balaban J connectivity index is 2.66. The van der Waals surface area contributed by atoms with Gasteiger partial charge >= 0.3 is 0 Å². The summed E-state index contributed by atoms with van der Waals surface area (Å²) in [4.78, 5) is 14.3. The first kappa shape index (κ1) is 15.7. The highest BCUT2D eigenvalue weighted by atomic mass is 16.1. The lowest BCUT2D eigenvalue weighted by Crippen LogP contribution is -2.42. The Labute approximate surface area is 117 Å². The summed E-state index contributed by atoms with van der Waals surface area (Å²) in [6.45, 7) is 7.26. The first-order chi connectivity index (χ1) is 8.88. The van der Waals surface area contributed by atoms with E-state index in [0.29, 0.717) is 5.92 Å². The SMILES string of the molecule is Cc1ccc(C(=O)NC(CC(C)C)CN(C)C)cc1. The highest BCUT2D eigenvalue weighted by Gasteiger charge is 2.15. The minimum Gasteiger partial charge on any atom is -0.348 e. The summed E-state index contributed by atoms with van der Waals surface area (Å²) in [5.74, 6) is 0.593. The summed E-state index contributed by atoms with van der Waals surface area (Å²) >= 11 is 0. The van der Waals surface area contributed by atoms with Gasteiger partial charge in [-0.25, -0.2) is 0 Å². The zero-order valence-electron chi connectivity index (χ0n) is 12.7. The molecule has 1 aromatic rings. The Morgan fingerprint density at radius 1 is 1.21 bits per heavy atom. The molecule has 0 aliphatic rings. The third kappa shape index (κ3) is 5.88. The Morgan fingerprint density at radius 2 is 1.79 bits per heavy atom. The molecule has 0 bridgehead atoms. The predicted molar refractivity (Wildman–Crippen MR) is 80.4 cm³/mol. The minimum atomic E-state index is 0.0208. The zero-order chi connectivity index (χ0) is 14.4. The third-order valence-electron chi connectivity index (χ3n) is 2.99. The topological polar surface area (TPSA) is 32.3 Å². The second-order valence-corrected chi connectivity index (χ2v) is 5.93. The average molecular weight is 262 g/mol. The number of rotatable bonds is 6. The Kier molecular flexibility index (Phi) is 6.03. The number of benzene rings is 1. The second-order valence-electron chi connectivity index (χ2n) is 5.93. The molecule has 0 heterocycles. The van der Waals surface area contributed by atoms with Gasteiger partial charge in [0.2, 0.25) is 0 Å². The van der Waals surface area contributed by atoms with E-state index < -0.39 is 0 Å². The van der Waals surface area contributed by atoms with E-state index in [2.05, 4.69) is 24.1 Å². The standard InChI is InChI=1S/C16H26N2O/c1-12(2)10-15(11-18(4)5)17-16(19)14-8-6-13(3)7-9-14/h6-9,12,15H,10-11H2,1-5H3,(H,17,19). The van der Waals surface area contributed by atoms with Crippen LogP contribution in [-0.2, 0) is 0 Å². The molecule has 19 heavy (non-hydrogen) atoms. The van der Waals surface area contributed by atoms with Gasteiger partial charge in [0.05, 0.1) is 0 Å². The van der Waals surface area contributed by atoms with Crippen molar-refractivity contribution in [2.45, 2.75) is 33.2 Å². The van der Waals surface area contributed by atoms with Gasteiger partial charge in [0.25, 0.3) is 5.91 Å². The van der Waals surface area contributed by atoms with Gasteiger partial charge in [-0.2, -0.15) is 0 Å². The number of hydrogen-bond acceptors (Lipinski definition) is 2. The van der Waals surface area contributed by atoms with Crippen molar-refractivity contribution in [1.29, 1.82) is 0 Å². The molecule has 1 atom stereocenters. The maximum absolute atomic E-state index is 12.2. The fourth-order valence-electron chi connectivity index (χ4n) is 2.16. The van der Waals surface area contributed by atoms with E-state index in [1.165, 1.54) is 5.56 Å². The van der Waals surface area contributed by atoms with Gasteiger partial charge in [0, 0.05) is 18.2 Å². The highest BCUT2D eigenvalue weighted by molar-refractivity contribution is 5.94. The third-order valence-corrected chi connectivity index (χ3v) is 2.99. The number of hydrogen-bond donors (Lipinski definition) is 1. The maximum atomic E-state index is 12.2. The van der Waals surface area contributed by atoms with Crippen molar-refractivity contribution in [2.75, 3.05) is 20.6 Å². The van der Waals surface area contributed by atoms with E-state index >= 15 is 0 Å². The molecule has 0 aliphatic heterocycles. The molecule has 106 valence electrons. The Hall–Kier alpha value is -1.35. The first-order valence-electron chi connectivity index (χ1n) is 6.90. The number of carbonyl (C=O) groups excluding carboxylic acids is 1. The van der Waals surface area contributed by atoms with Crippen molar-refractivity contribution in [3.05, 3.63) is 35.4 Å². The minimum absolute atomic E-state index is 0.0208. The lowest BCUT2D eigenvalue weighted by molar-refractivity contribution is 0.0924. The van der Waals surface area contributed by atoms with E-state index in [1.54, 1.807) is 0 Å². The summed E-state index contributed by atoms with van der Waals surface area (Å²) in [5, 5.41) is 3.13. The highest BCUT2D eigenvalue weighted by Crippen LogP contribution is 2.08. The van der Waals surface area contributed by atoms with Gasteiger partial charge < -0.3 is 10.2 Å². The molecular weight excluding hydrogens is 236 g/mol. The lowest BCUT2D eigenvalue weighted by atomic mass is 10.0. The van der Waals surface area contributed by atoms with Crippen LogP contribution in [0.15, 0.2) is 24.3 Å². The van der Waals surface area contributed by atoms with Crippen molar-refractivity contribution in [2.24, 2.45) is 5.92 Å². The summed E-state index contributed by atoms with van der Waals surface area (Å²) < 4.78 is 0. The molecule has 0 radical (unpaired) electrons. The number of aryl methyl sites for hydroxylation is 1. The molecule has 0 saturated heterocycles. The summed E-state index contributed by atoms with van der Waals surface area (Å²) in [5.41, 5.74) is 1.90. The summed E-state index contributed by atoms with van der Waals surface area (Å²) in [6, 6.07) is 7.90. The number of nitrogens with zero attached hydrogens (tertiary/aromatic N) is 1. The second kappa shape index (κ2) is 7.29. The van der Waals surface area contributed by atoms with Gasteiger partial charge in [0.1, 0.15) is 0 Å². The molecule has 0 saturated carbocycles. The lowest BCUT2D eigenvalue weighted by Gasteiger charge is -2.24. The molecule has 0 aromatic heterocycles. The van der Waals surface area contributed by atoms with Crippen LogP contribution in [0.4, 0.5) is 0 Å². The molecule has 0 fully saturated rings. The van der Waals surface area contributed by atoms with Crippen LogP contribution in [0.2, 0.25) is 0 Å². The quantitative estimate of drug-likeness (QED) is 0.855. The molecule has 3 heteroatoms. The van der Waals surface area contributed by atoms with Gasteiger partial charge in [-0.1, -0.05) is 31.5 Å². The van der Waals surface area contributed by atoms with E-state index in [4.69, 9.17) is 0 Å². The van der Waals surface area contributed by atoms with Gasteiger partial charge in [-0.15, -0.1) is 0 Å². The van der Waals surface area contributed by atoms with Crippen LogP contribution < -0.4 is 5.32 Å². The number of likely N-dealkylation sites (N-methyl/N-ethyl adjacent to an activating group) is 1. The van der Waals surface area contributed by atoms with E-state index in [9.17, 15) is 4.79 Å². The van der Waals surface area contributed by atoms with E-state index in [1.807, 2.05) is 45.3 Å². The Morgan fingerprint density at radius 3 is 2.26 bits per heavy atom. The summed E-state index contributed by atoms with van der Waals surface area (Å²) in [6.07, 6.45) is 0.996. The fraction of sp³-hybridized carbons (Fsp3) is 0.562. The zero-order valence-corrected chi connectivity index (χ0v) is 12.7. The summed E-state index contributed by atoms with van der Waals surface area (Å²) in [7, 11) is 4.07. The molecular formula is C16H26N2O. The number of nitrogens with one attached hydrogen (secondary N) is 1. The largest absolute Gasteiger partial charge is 0.348 e. The Bertz CT molecular complexity index is 386. The van der Waals surface area contributed by atoms with Crippen molar-refractivity contribution < 1.29 is 4.79 Å². The van der Waals surface area contributed by atoms with Crippen molar-refractivity contribution >= 4 is 5.91 Å². The van der Waals surface area contributed by atoms with Crippen molar-refractivity contribution in [3.8, 4) is 0 Å². The molecule has 1 aromatic carbocycles. The monoisotopic (exact) mass is 262 g/mol. The average Bonchev–Trinajstić information content (AvgIpc) is 2.27. The molecule has 1 unspecified atom stereocenters. The van der Waals surface area contributed by atoms with Crippen molar-refractivity contribution in [3.63, 3.8) is 0 Å². The van der Waals surface area contributed by atoms with Crippen LogP contribution in [0, 0.1) is 12.8 Å². The molecule has 1 amide bonds. The van der Waals surface area contributed by atoms with E-state index in [0.717, 1.165) is 18.5 Å². The first-order valence-corrected chi connectivity index (χ1v) is 6.90. The van der Waals surface area contributed by atoms with Crippen LogP contribution in [0.1, 0.15) is 36.2 Å². The van der Waals surface area contributed by atoms with Gasteiger partial charge in [-0.05, 0) is 45.5 Å². The normalized spacial score (nSPS) is 12.8. The van der Waals surface area contributed by atoms with Gasteiger partial charge in [0.15, 0.2) is 0 Å². The maximum Gasteiger partial charge on any atom is 0.251 e. The molecule has 3 nitrogen and oxygen atoms in total. The molecule has 0 spiro atoms. The van der Waals surface area contributed by atoms with Gasteiger partial charge in [-0.3, -0.25) is 4.79 Å². The van der Waals surface area contributed by atoms with Crippen LogP contribution in [0.25, 0.3) is 0 Å². The molecule has 1 rings (SSSR count). The number of amides is 1. The van der Waals surface area contributed by atoms with Crippen LogP contribution in [-0.4, -0.2) is 37.5 Å².